The fraction of sp³-hybridized carbons (Fsp3) is 1.00. The minimum absolute atomic E-state index is 0.924. The van der Waals surface area contributed by atoms with Crippen molar-refractivity contribution in [2.45, 2.75) is 53.4 Å². The molecule has 82 valence electrons. The minimum atomic E-state index is 0.924. The summed E-state index contributed by atoms with van der Waals surface area (Å²) in [6, 6.07) is 0. The number of rotatable bonds is 2. The Morgan fingerprint density at radius 2 is 1.57 bits per heavy atom. The summed E-state index contributed by atoms with van der Waals surface area (Å²) in [4.78, 5) is 0. The van der Waals surface area contributed by atoms with Crippen LogP contribution in [0.4, 0.5) is 0 Å². The number of fused-ring (bicyclic) bond motifs is 1. The Labute approximate surface area is 89.5 Å². The van der Waals surface area contributed by atoms with Gasteiger partial charge in [0.1, 0.15) is 0 Å². The second kappa shape index (κ2) is 3.87. The molecule has 0 spiro atoms. The zero-order valence-electron chi connectivity index (χ0n) is 10.3. The summed E-state index contributed by atoms with van der Waals surface area (Å²) in [5.41, 5.74) is 0. The van der Waals surface area contributed by atoms with Crippen molar-refractivity contribution in [3.63, 3.8) is 0 Å². The van der Waals surface area contributed by atoms with Crippen LogP contribution in [-0.2, 0) is 0 Å². The van der Waals surface area contributed by atoms with Gasteiger partial charge in [0.15, 0.2) is 0 Å². The van der Waals surface area contributed by atoms with Crippen molar-refractivity contribution in [1.29, 1.82) is 0 Å². The Morgan fingerprint density at radius 3 is 2.14 bits per heavy atom. The van der Waals surface area contributed by atoms with Crippen LogP contribution in [0.5, 0.6) is 0 Å². The Balaban J connectivity index is 2.00. The van der Waals surface area contributed by atoms with E-state index in [1.54, 1.807) is 12.8 Å². The van der Waals surface area contributed by atoms with E-state index >= 15 is 0 Å². The third kappa shape index (κ3) is 1.73. The average Bonchev–Trinajstić information content (AvgIpc) is 2.58. The molecule has 0 radical (unpaired) electrons. The SMILES string of the molecule is CC(C)C1CC2CCC(C(C)C)C2C1. The summed E-state index contributed by atoms with van der Waals surface area (Å²) in [6.07, 6.45) is 6.16. The van der Waals surface area contributed by atoms with E-state index in [1.807, 2.05) is 0 Å². The first-order valence-corrected chi connectivity index (χ1v) is 6.59. The molecular formula is C14H26. The molecule has 2 rings (SSSR count). The first kappa shape index (κ1) is 10.5. The molecule has 0 aliphatic heterocycles. The van der Waals surface area contributed by atoms with E-state index in [0.717, 1.165) is 35.5 Å². The average molecular weight is 194 g/mol. The first-order valence-electron chi connectivity index (χ1n) is 6.59. The first-order chi connectivity index (χ1) is 6.59. The highest BCUT2D eigenvalue weighted by atomic mass is 14.5. The minimum Gasteiger partial charge on any atom is -0.0625 e. The predicted molar refractivity (Wildman–Crippen MR) is 62.1 cm³/mol. The van der Waals surface area contributed by atoms with Gasteiger partial charge in [0, 0.05) is 0 Å². The van der Waals surface area contributed by atoms with E-state index in [2.05, 4.69) is 27.7 Å². The van der Waals surface area contributed by atoms with Crippen LogP contribution in [0.1, 0.15) is 53.4 Å². The van der Waals surface area contributed by atoms with Gasteiger partial charge in [0.2, 0.25) is 0 Å². The van der Waals surface area contributed by atoms with E-state index in [-0.39, 0.29) is 0 Å². The zero-order valence-corrected chi connectivity index (χ0v) is 10.3. The third-order valence-electron chi connectivity index (χ3n) is 5.01. The summed E-state index contributed by atoms with van der Waals surface area (Å²) >= 11 is 0. The van der Waals surface area contributed by atoms with E-state index < -0.39 is 0 Å². The van der Waals surface area contributed by atoms with Crippen molar-refractivity contribution in [1.82, 2.24) is 0 Å². The van der Waals surface area contributed by atoms with E-state index in [1.165, 1.54) is 12.8 Å². The van der Waals surface area contributed by atoms with Gasteiger partial charge in [0.05, 0.1) is 0 Å². The molecule has 0 N–H and O–H groups in total. The molecule has 0 aromatic carbocycles. The summed E-state index contributed by atoms with van der Waals surface area (Å²) in [6.45, 7) is 9.68. The predicted octanol–water partition coefficient (Wildman–Crippen LogP) is 4.35. The second-order valence-corrected chi connectivity index (χ2v) is 6.38. The van der Waals surface area contributed by atoms with Gasteiger partial charge in [-0.1, -0.05) is 27.7 Å². The maximum absolute atomic E-state index is 2.43. The quantitative estimate of drug-likeness (QED) is 0.613. The second-order valence-electron chi connectivity index (χ2n) is 6.38. The molecule has 0 heteroatoms. The molecule has 0 aromatic rings. The van der Waals surface area contributed by atoms with Crippen LogP contribution in [-0.4, -0.2) is 0 Å². The van der Waals surface area contributed by atoms with Crippen molar-refractivity contribution in [3.05, 3.63) is 0 Å². The Bertz CT molecular complexity index is 192. The summed E-state index contributed by atoms with van der Waals surface area (Å²) in [5, 5.41) is 0. The number of hydrogen-bond donors (Lipinski definition) is 0. The molecule has 2 aliphatic carbocycles. The summed E-state index contributed by atoms with van der Waals surface area (Å²) in [7, 11) is 0. The normalized spacial score (nSPS) is 42.4. The Morgan fingerprint density at radius 1 is 0.857 bits per heavy atom. The van der Waals surface area contributed by atoms with Gasteiger partial charge < -0.3 is 0 Å². The summed E-state index contributed by atoms with van der Waals surface area (Å²) < 4.78 is 0. The molecule has 2 aliphatic rings. The van der Waals surface area contributed by atoms with Gasteiger partial charge >= 0.3 is 0 Å². The van der Waals surface area contributed by atoms with Crippen molar-refractivity contribution in [3.8, 4) is 0 Å². The fourth-order valence-corrected chi connectivity index (χ4v) is 4.05. The lowest BCUT2D eigenvalue weighted by atomic mass is 9.82. The van der Waals surface area contributed by atoms with Gasteiger partial charge in [-0.15, -0.1) is 0 Å². The van der Waals surface area contributed by atoms with Crippen LogP contribution < -0.4 is 0 Å². The lowest BCUT2D eigenvalue weighted by molar-refractivity contribution is 0.261. The third-order valence-corrected chi connectivity index (χ3v) is 5.01. The monoisotopic (exact) mass is 194 g/mol. The standard InChI is InChI=1S/C14H26/c1-9(2)12-7-11-5-6-13(10(3)4)14(11)8-12/h9-14H,5-8H2,1-4H3. The van der Waals surface area contributed by atoms with Gasteiger partial charge in [-0.3, -0.25) is 0 Å². The topological polar surface area (TPSA) is 0 Å². The molecule has 0 nitrogen and oxygen atoms in total. The van der Waals surface area contributed by atoms with Crippen molar-refractivity contribution in [2.24, 2.45) is 35.5 Å². The van der Waals surface area contributed by atoms with Crippen LogP contribution >= 0.6 is 0 Å². The molecule has 2 fully saturated rings. The van der Waals surface area contributed by atoms with Crippen molar-refractivity contribution in [2.75, 3.05) is 0 Å². The van der Waals surface area contributed by atoms with Crippen molar-refractivity contribution < 1.29 is 0 Å². The molecule has 4 atom stereocenters. The molecular weight excluding hydrogens is 168 g/mol. The van der Waals surface area contributed by atoms with Crippen LogP contribution in [0.15, 0.2) is 0 Å². The van der Waals surface area contributed by atoms with Gasteiger partial charge in [-0.05, 0) is 61.2 Å². The molecule has 0 heterocycles. The van der Waals surface area contributed by atoms with Gasteiger partial charge in [-0.25, -0.2) is 0 Å². The largest absolute Gasteiger partial charge is 0.0625 e. The summed E-state index contributed by atoms with van der Waals surface area (Å²) in [5.74, 6) is 6.16. The Kier molecular flexibility index (Phi) is 2.91. The van der Waals surface area contributed by atoms with E-state index in [4.69, 9.17) is 0 Å². The van der Waals surface area contributed by atoms with Crippen LogP contribution in [0.25, 0.3) is 0 Å². The highest BCUT2D eigenvalue weighted by molar-refractivity contribution is 4.94. The van der Waals surface area contributed by atoms with Gasteiger partial charge in [0.25, 0.3) is 0 Å². The van der Waals surface area contributed by atoms with E-state index in [0.29, 0.717) is 0 Å². The van der Waals surface area contributed by atoms with Crippen LogP contribution in [0, 0.1) is 35.5 Å². The van der Waals surface area contributed by atoms with Crippen LogP contribution in [0.2, 0.25) is 0 Å². The van der Waals surface area contributed by atoms with Gasteiger partial charge in [-0.2, -0.15) is 0 Å². The lowest BCUT2D eigenvalue weighted by Crippen LogP contribution is -2.16. The molecule has 4 unspecified atom stereocenters. The van der Waals surface area contributed by atoms with E-state index in [9.17, 15) is 0 Å². The Hall–Kier alpha value is 0. The zero-order chi connectivity index (χ0) is 10.3. The molecule has 14 heavy (non-hydrogen) atoms. The molecule has 2 saturated carbocycles. The lowest BCUT2D eigenvalue weighted by Gasteiger charge is -2.23. The highest BCUT2D eigenvalue weighted by Gasteiger charge is 2.44. The maximum atomic E-state index is 2.43. The smallest absolute Gasteiger partial charge is 0.0352 e. The number of hydrogen-bond acceptors (Lipinski definition) is 0. The fourth-order valence-electron chi connectivity index (χ4n) is 4.05. The van der Waals surface area contributed by atoms with Crippen molar-refractivity contribution >= 4 is 0 Å². The highest BCUT2D eigenvalue weighted by Crippen LogP contribution is 2.53. The molecule has 0 saturated heterocycles. The molecule has 0 amide bonds. The van der Waals surface area contributed by atoms with Crippen LogP contribution in [0.3, 0.4) is 0 Å². The molecule has 0 aromatic heterocycles. The molecule has 0 bridgehead atoms. The maximum Gasteiger partial charge on any atom is -0.0352 e.